The van der Waals surface area contributed by atoms with Crippen LogP contribution in [0.15, 0.2) is 66.7 Å². The average molecular weight is 427 g/mol. The van der Waals surface area contributed by atoms with Crippen LogP contribution in [0, 0.1) is 0 Å². The van der Waals surface area contributed by atoms with Gasteiger partial charge in [0, 0.05) is 17.1 Å². The molecule has 29 heavy (non-hydrogen) atoms. The van der Waals surface area contributed by atoms with Crippen molar-refractivity contribution in [2.75, 3.05) is 0 Å². The fraction of sp³-hybridized carbons (Fsp3) is 0.217. The van der Waals surface area contributed by atoms with Crippen molar-refractivity contribution in [3.8, 4) is 17.2 Å². The molecule has 0 bridgehead atoms. The standard InChI is InChI=1S/C23H22O4S2/c24-17-11-16-18(20(26)19(17)25)23(29-13-15-9-5-2-6-10-15)21(27)22(16)28-12-14-7-3-1-4-8-14/h1-11,21-27H,12-13H2/t21-,22-,23-/m0/s1. The maximum Gasteiger partial charge on any atom is 0.200 e. The SMILES string of the molecule is Oc1cc2c(c(O)c1O)[C@H](SCc1ccccc1)[C@@H](O)[C@H]2SCc1ccccc1. The first-order valence-electron chi connectivity index (χ1n) is 9.33. The summed E-state index contributed by atoms with van der Waals surface area (Å²) in [5.41, 5.74) is 3.45. The highest BCUT2D eigenvalue weighted by atomic mass is 32.2. The number of aromatic hydroxyl groups is 3. The van der Waals surface area contributed by atoms with Crippen LogP contribution in [0.5, 0.6) is 17.2 Å². The first-order chi connectivity index (χ1) is 14.1. The lowest BCUT2D eigenvalue weighted by Gasteiger charge is -2.20. The van der Waals surface area contributed by atoms with Gasteiger partial charge in [0.25, 0.3) is 0 Å². The second-order valence-corrected chi connectivity index (χ2v) is 9.28. The average Bonchev–Trinajstić information content (AvgIpc) is 3.01. The van der Waals surface area contributed by atoms with Crippen molar-refractivity contribution in [2.45, 2.75) is 28.1 Å². The van der Waals surface area contributed by atoms with E-state index in [9.17, 15) is 20.4 Å². The Labute approximate surface area is 178 Å². The summed E-state index contributed by atoms with van der Waals surface area (Å²) in [5.74, 6) is 0.120. The van der Waals surface area contributed by atoms with E-state index in [1.807, 2.05) is 60.7 Å². The molecule has 0 spiro atoms. The Bertz CT molecular complexity index is 979. The molecule has 3 atom stereocenters. The Balaban J connectivity index is 1.62. The molecule has 0 saturated heterocycles. The molecule has 0 aliphatic heterocycles. The van der Waals surface area contributed by atoms with Crippen LogP contribution in [0.25, 0.3) is 0 Å². The van der Waals surface area contributed by atoms with Gasteiger partial charge in [0.1, 0.15) is 0 Å². The minimum atomic E-state index is -0.750. The van der Waals surface area contributed by atoms with Gasteiger partial charge in [-0.2, -0.15) is 0 Å². The summed E-state index contributed by atoms with van der Waals surface area (Å²) in [4.78, 5) is 0. The lowest BCUT2D eigenvalue weighted by molar-refractivity contribution is 0.180. The zero-order valence-corrected chi connectivity index (χ0v) is 17.2. The molecule has 3 aromatic rings. The van der Waals surface area contributed by atoms with E-state index < -0.39 is 17.1 Å². The molecule has 3 aromatic carbocycles. The third kappa shape index (κ3) is 4.06. The van der Waals surface area contributed by atoms with Gasteiger partial charge in [-0.1, -0.05) is 60.7 Å². The predicted octanol–water partition coefficient (Wildman–Crippen LogP) is 5.13. The van der Waals surface area contributed by atoms with Crippen LogP contribution in [0.3, 0.4) is 0 Å². The van der Waals surface area contributed by atoms with Crippen molar-refractivity contribution >= 4 is 23.5 Å². The normalized spacial score (nSPS) is 20.5. The maximum absolute atomic E-state index is 11.1. The van der Waals surface area contributed by atoms with Gasteiger partial charge in [0.15, 0.2) is 11.5 Å². The zero-order valence-electron chi connectivity index (χ0n) is 15.6. The van der Waals surface area contributed by atoms with Gasteiger partial charge in [0.2, 0.25) is 5.75 Å². The first-order valence-corrected chi connectivity index (χ1v) is 11.4. The molecular formula is C23H22O4S2. The summed E-state index contributed by atoms with van der Waals surface area (Å²) < 4.78 is 0. The summed E-state index contributed by atoms with van der Waals surface area (Å²) in [6.07, 6.45) is -0.750. The van der Waals surface area contributed by atoms with Crippen LogP contribution in [-0.2, 0) is 11.5 Å². The number of rotatable bonds is 6. The lowest BCUT2D eigenvalue weighted by Crippen LogP contribution is -2.14. The molecule has 4 nitrogen and oxygen atoms in total. The molecule has 4 N–H and O–H groups in total. The van der Waals surface area contributed by atoms with Crippen LogP contribution in [-0.4, -0.2) is 26.5 Å². The molecule has 6 heteroatoms. The van der Waals surface area contributed by atoms with Gasteiger partial charge in [-0.15, -0.1) is 23.5 Å². The van der Waals surface area contributed by atoms with Crippen molar-refractivity contribution in [3.63, 3.8) is 0 Å². The highest BCUT2D eigenvalue weighted by Crippen LogP contribution is 2.59. The maximum atomic E-state index is 11.1. The van der Waals surface area contributed by atoms with Gasteiger partial charge in [-0.05, 0) is 22.8 Å². The van der Waals surface area contributed by atoms with E-state index in [4.69, 9.17) is 0 Å². The second-order valence-electron chi connectivity index (χ2n) is 7.02. The third-order valence-corrected chi connectivity index (χ3v) is 7.85. The third-order valence-electron chi connectivity index (χ3n) is 5.08. The summed E-state index contributed by atoms with van der Waals surface area (Å²) in [6, 6.07) is 21.4. The Kier molecular flexibility index (Phi) is 5.94. The van der Waals surface area contributed by atoms with Crippen molar-refractivity contribution in [1.82, 2.24) is 0 Å². The minimum absolute atomic E-state index is 0.309. The Morgan fingerprint density at radius 2 is 1.21 bits per heavy atom. The number of phenols is 3. The number of phenolic OH excluding ortho intramolecular Hbond substituents is 3. The van der Waals surface area contributed by atoms with Gasteiger partial charge >= 0.3 is 0 Å². The number of aliphatic hydroxyl groups excluding tert-OH is 1. The molecule has 4 rings (SSSR count). The Morgan fingerprint density at radius 1 is 0.690 bits per heavy atom. The van der Waals surface area contributed by atoms with Crippen molar-refractivity contribution in [1.29, 1.82) is 0 Å². The van der Waals surface area contributed by atoms with Crippen LogP contribution >= 0.6 is 23.5 Å². The van der Waals surface area contributed by atoms with Gasteiger partial charge in [-0.25, -0.2) is 0 Å². The van der Waals surface area contributed by atoms with Crippen LogP contribution in [0.4, 0.5) is 0 Å². The monoisotopic (exact) mass is 426 g/mol. The zero-order chi connectivity index (χ0) is 20.4. The van der Waals surface area contributed by atoms with Gasteiger partial charge < -0.3 is 20.4 Å². The van der Waals surface area contributed by atoms with Crippen LogP contribution in [0.2, 0.25) is 0 Å². The number of hydrogen-bond acceptors (Lipinski definition) is 6. The second kappa shape index (κ2) is 8.61. The van der Waals surface area contributed by atoms with Gasteiger partial charge in [0.05, 0.1) is 16.6 Å². The van der Waals surface area contributed by atoms with E-state index in [0.29, 0.717) is 22.6 Å². The molecule has 0 fully saturated rings. The Hall–Kier alpha value is -2.28. The van der Waals surface area contributed by atoms with E-state index in [0.717, 1.165) is 11.1 Å². The van der Waals surface area contributed by atoms with E-state index in [-0.39, 0.29) is 16.7 Å². The molecule has 150 valence electrons. The minimum Gasteiger partial charge on any atom is -0.504 e. The highest BCUT2D eigenvalue weighted by molar-refractivity contribution is 8.00. The molecule has 1 aliphatic carbocycles. The van der Waals surface area contributed by atoms with Crippen LogP contribution < -0.4 is 0 Å². The van der Waals surface area contributed by atoms with Gasteiger partial charge in [-0.3, -0.25) is 0 Å². The summed E-state index contributed by atoms with van der Waals surface area (Å²) in [7, 11) is 0. The van der Waals surface area contributed by atoms with Crippen molar-refractivity contribution < 1.29 is 20.4 Å². The van der Waals surface area contributed by atoms with E-state index in [2.05, 4.69) is 0 Å². The molecule has 0 unspecified atom stereocenters. The van der Waals surface area contributed by atoms with E-state index >= 15 is 0 Å². The van der Waals surface area contributed by atoms with E-state index in [1.54, 1.807) is 11.8 Å². The summed E-state index contributed by atoms with van der Waals surface area (Å²) in [5, 5.41) is 41.0. The number of thioether (sulfide) groups is 2. The van der Waals surface area contributed by atoms with E-state index in [1.165, 1.54) is 17.8 Å². The van der Waals surface area contributed by atoms with Crippen LogP contribution in [0.1, 0.15) is 32.8 Å². The fourth-order valence-corrected chi connectivity index (χ4v) is 6.34. The Morgan fingerprint density at radius 3 is 1.76 bits per heavy atom. The quantitative estimate of drug-likeness (QED) is 0.409. The molecule has 0 aromatic heterocycles. The summed E-state index contributed by atoms with van der Waals surface area (Å²) >= 11 is 3.10. The number of benzene rings is 3. The first kappa shape index (κ1) is 20.0. The molecule has 0 heterocycles. The predicted molar refractivity (Wildman–Crippen MR) is 118 cm³/mol. The molecule has 0 radical (unpaired) electrons. The molecular weight excluding hydrogens is 404 g/mol. The largest absolute Gasteiger partial charge is 0.504 e. The number of fused-ring (bicyclic) bond motifs is 1. The highest BCUT2D eigenvalue weighted by Gasteiger charge is 2.43. The topological polar surface area (TPSA) is 80.9 Å². The fourth-order valence-electron chi connectivity index (χ4n) is 3.62. The molecule has 0 saturated carbocycles. The number of hydrogen-bond donors (Lipinski definition) is 4. The smallest absolute Gasteiger partial charge is 0.200 e. The summed E-state index contributed by atoms with van der Waals surface area (Å²) in [6.45, 7) is 0. The number of aliphatic hydroxyl groups is 1. The molecule has 0 amide bonds. The van der Waals surface area contributed by atoms with Crippen molar-refractivity contribution in [2.24, 2.45) is 0 Å². The van der Waals surface area contributed by atoms with Crippen molar-refractivity contribution in [3.05, 3.63) is 89.0 Å². The molecule has 1 aliphatic rings. The lowest BCUT2D eigenvalue weighted by atomic mass is 10.1.